The third kappa shape index (κ3) is 3.21. The monoisotopic (exact) mass is 322 g/mol. The second kappa shape index (κ2) is 6.38. The third-order valence-electron chi connectivity index (χ3n) is 2.02. The molecule has 0 heterocycles. The van der Waals surface area contributed by atoms with Gasteiger partial charge in [-0.05, 0) is 28.1 Å². The summed E-state index contributed by atoms with van der Waals surface area (Å²) >= 11 is 3.07. The number of aromatic hydroxyl groups is 1. The van der Waals surface area contributed by atoms with Gasteiger partial charge in [-0.15, -0.1) is 0 Å². The van der Waals surface area contributed by atoms with E-state index >= 15 is 0 Å². The molecule has 0 aliphatic heterocycles. The van der Waals surface area contributed by atoms with E-state index < -0.39 is 5.97 Å². The molecule has 0 unspecified atom stereocenters. The van der Waals surface area contributed by atoms with Crippen molar-refractivity contribution >= 4 is 33.3 Å². The van der Waals surface area contributed by atoms with Gasteiger partial charge in [-0.25, -0.2) is 4.79 Å². The summed E-state index contributed by atoms with van der Waals surface area (Å²) in [6, 6.07) is 5.90. The number of nitrogens with one attached hydrogen (secondary N) is 1. The number of rotatable bonds is 3. The molecule has 0 radical (unpaired) electrons. The summed E-state index contributed by atoms with van der Waals surface area (Å²) in [7, 11) is 1.19. The van der Waals surface area contributed by atoms with Crippen molar-refractivity contribution in [3.05, 3.63) is 22.2 Å². The number of nitrogens with zero attached hydrogens (tertiary/aromatic N) is 3. The molecule has 0 aliphatic rings. The van der Waals surface area contributed by atoms with Gasteiger partial charge in [0.05, 0.1) is 17.3 Å². The maximum Gasteiger partial charge on any atom is 0.341 e. The number of halogens is 1. The number of esters is 1. The third-order valence-corrected chi connectivity index (χ3v) is 2.82. The summed E-state index contributed by atoms with van der Waals surface area (Å²) in [4.78, 5) is 11.3. The zero-order valence-corrected chi connectivity index (χ0v) is 11.2. The number of hydrogen-bond donors (Lipinski definition) is 2. The van der Waals surface area contributed by atoms with Gasteiger partial charge >= 0.3 is 5.97 Å². The number of phenols is 1. The lowest BCUT2D eigenvalue weighted by atomic mass is 10.2. The highest BCUT2D eigenvalue weighted by atomic mass is 79.9. The average Bonchev–Trinajstić information content (AvgIpc) is 2.43. The van der Waals surface area contributed by atoms with E-state index in [1.807, 2.05) is 0 Å². The van der Waals surface area contributed by atoms with Gasteiger partial charge in [0.15, 0.2) is 0 Å². The van der Waals surface area contributed by atoms with Crippen LogP contribution in [0.25, 0.3) is 0 Å². The van der Waals surface area contributed by atoms with Crippen molar-refractivity contribution in [2.24, 2.45) is 5.10 Å². The SMILES string of the molecule is COC(=O)c1ccc(NN=C(C#N)C#N)c(Br)c1O. The Morgan fingerprint density at radius 1 is 1.47 bits per heavy atom. The van der Waals surface area contributed by atoms with Gasteiger partial charge in [-0.3, -0.25) is 5.43 Å². The molecule has 0 atom stereocenters. The number of hydrogen-bond acceptors (Lipinski definition) is 7. The molecule has 0 fully saturated rings. The smallest absolute Gasteiger partial charge is 0.341 e. The maximum absolute atomic E-state index is 11.3. The summed E-state index contributed by atoms with van der Waals surface area (Å²) in [5, 5.41) is 30.3. The topological polar surface area (TPSA) is 118 Å². The summed E-state index contributed by atoms with van der Waals surface area (Å²) < 4.78 is 4.65. The molecule has 19 heavy (non-hydrogen) atoms. The Morgan fingerprint density at radius 3 is 2.63 bits per heavy atom. The minimum absolute atomic E-state index is 0.0234. The van der Waals surface area contributed by atoms with Gasteiger partial charge < -0.3 is 9.84 Å². The number of benzene rings is 1. The molecule has 0 aliphatic carbocycles. The number of methoxy groups -OCH3 is 1. The molecule has 0 aromatic heterocycles. The maximum atomic E-state index is 11.3. The van der Waals surface area contributed by atoms with Crippen molar-refractivity contribution in [1.82, 2.24) is 0 Å². The molecule has 1 aromatic rings. The van der Waals surface area contributed by atoms with Crippen LogP contribution in [0.15, 0.2) is 21.7 Å². The van der Waals surface area contributed by atoms with Gasteiger partial charge in [-0.2, -0.15) is 15.6 Å². The van der Waals surface area contributed by atoms with Crippen LogP contribution in [-0.2, 0) is 4.74 Å². The van der Waals surface area contributed by atoms with Crippen LogP contribution in [0.3, 0.4) is 0 Å². The van der Waals surface area contributed by atoms with Crippen LogP contribution in [-0.4, -0.2) is 23.9 Å². The van der Waals surface area contributed by atoms with Crippen molar-refractivity contribution in [3.63, 3.8) is 0 Å². The van der Waals surface area contributed by atoms with E-state index in [4.69, 9.17) is 10.5 Å². The van der Waals surface area contributed by atoms with Crippen molar-refractivity contribution in [3.8, 4) is 17.9 Å². The average molecular weight is 323 g/mol. The lowest BCUT2D eigenvalue weighted by molar-refractivity contribution is 0.0597. The first-order valence-corrected chi connectivity index (χ1v) is 5.58. The van der Waals surface area contributed by atoms with E-state index in [2.05, 4.69) is 31.2 Å². The van der Waals surface area contributed by atoms with E-state index in [-0.39, 0.29) is 27.2 Å². The van der Waals surface area contributed by atoms with Gasteiger partial charge in [0.2, 0.25) is 5.71 Å². The fourth-order valence-electron chi connectivity index (χ4n) is 1.12. The molecule has 0 saturated heterocycles. The van der Waals surface area contributed by atoms with Gasteiger partial charge in [0.25, 0.3) is 0 Å². The van der Waals surface area contributed by atoms with Crippen LogP contribution in [0.2, 0.25) is 0 Å². The Balaban J connectivity index is 3.12. The zero-order chi connectivity index (χ0) is 14.4. The highest BCUT2D eigenvalue weighted by molar-refractivity contribution is 9.10. The van der Waals surface area contributed by atoms with Crippen LogP contribution in [0.1, 0.15) is 10.4 Å². The molecular weight excluding hydrogens is 316 g/mol. The molecule has 1 aromatic carbocycles. The van der Waals surface area contributed by atoms with Crippen LogP contribution in [0.4, 0.5) is 5.69 Å². The van der Waals surface area contributed by atoms with Crippen LogP contribution >= 0.6 is 15.9 Å². The Kier molecular flexibility index (Phi) is 4.86. The first-order chi connectivity index (χ1) is 9.04. The van der Waals surface area contributed by atoms with Crippen molar-refractivity contribution in [2.45, 2.75) is 0 Å². The predicted octanol–water partition coefficient (Wildman–Crippen LogP) is 1.76. The van der Waals surface area contributed by atoms with E-state index in [1.54, 1.807) is 12.1 Å². The molecule has 0 spiro atoms. The van der Waals surface area contributed by atoms with E-state index in [0.717, 1.165) is 0 Å². The van der Waals surface area contributed by atoms with Crippen molar-refractivity contribution < 1.29 is 14.6 Å². The highest BCUT2D eigenvalue weighted by Crippen LogP contribution is 2.35. The first-order valence-electron chi connectivity index (χ1n) is 4.78. The molecule has 96 valence electrons. The summed E-state index contributed by atoms with van der Waals surface area (Å²) in [5.74, 6) is -1.02. The van der Waals surface area contributed by atoms with E-state index in [9.17, 15) is 9.90 Å². The Hall–Kier alpha value is -2.58. The summed E-state index contributed by atoms with van der Waals surface area (Å²) in [5.41, 5.74) is 2.31. The number of nitriles is 2. The molecular formula is C11H7BrN4O3. The Labute approximate surface area is 116 Å². The van der Waals surface area contributed by atoms with Crippen LogP contribution < -0.4 is 5.43 Å². The molecule has 8 heteroatoms. The van der Waals surface area contributed by atoms with Gasteiger partial charge in [0.1, 0.15) is 23.5 Å². The fraction of sp³-hybridized carbons (Fsp3) is 0.0909. The summed E-state index contributed by atoms with van der Waals surface area (Å²) in [6.45, 7) is 0. The second-order valence-corrected chi connectivity index (χ2v) is 3.90. The quantitative estimate of drug-likeness (QED) is 0.497. The number of carbonyl (C=O) groups is 1. The van der Waals surface area contributed by atoms with E-state index in [0.29, 0.717) is 0 Å². The van der Waals surface area contributed by atoms with Crippen LogP contribution in [0, 0.1) is 22.7 Å². The normalized spacial score (nSPS) is 8.84. The van der Waals surface area contributed by atoms with Crippen molar-refractivity contribution in [1.29, 1.82) is 10.5 Å². The van der Waals surface area contributed by atoms with E-state index in [1.165, 1.54) is 19.2 Å². The molecule has 1 rings (SSSR count). The second-order valence-electron chi connectivity index (χ2n) is 3.11. The Bertz CT molecular complexity index is 612. The highest BCUT2D eigenvalue weighted by Gasteiger charge is 2.16. The number of ether oxygens (including phenoxy) is 1. The number of carbonyl (C=O) groups excluding carboxylic acids is 1. The molecule has 0 bridgehead atoms. The van der Waals surface area contributed by atoms with Gasteiger partial charge in [-0.1, -0.05) is 0 Å². The lowest BCUT2D eigenvalue weighted by Crippen LogP contribution is -2.03. The number of anilines is 1. The van der Waals surface area contributed by atoms with Crippen molar-refractivity contribution in [2.75, 3.05) is 12.5 Å². The zero-order valence-electron chi connectivity index (χ0n) is 9.64. The Morgan fingerprint density at radius 2 is 2.11 bits per heavy atom. The van der Waals surface area contributed by atoms with Gasteiger partial charge in [0, 0.05) is 0 Å². The summed E-state index contributed by atoms with van der Waals surface area (Å²) in [6.07, 6.45) is 0. The predicted molar refractivity (Wildman–Crippen MR) is 69.4 cm³/mol. The molecule has 7 nitrogen and oxygen atoms in total. The molecule has 0 saturated carbocycles. The first kappa shape index (κ1) is 14.5. The number of phenolic OH excluding ortho intramolecular Hbond substituents is 1. The minimum Gasteiger partial charge on any atom is -0.506 e. The number of hydrazone groups is 1. The van der Waals surface area contributed by atoms with Crippen LogP contribution in [0.5, 0.6) is 5.75 Å². The molecule has 0 amide bonds. The lowest BCUT2D eigenvalue weighted by Gasteiger charge is -2.08. The fourth-order valence-corrected chi connectivity index (χ4v) is 1.55. The molecule has 2 N–H and O–H groups in total. The largest absolute Gasteiger partial charge is 0.506 e. The standard InChI is InChI=1S/C11H7BrN4O3/c1-19-11(18)7-2-3-8(9(12)10(7)17)16-15-6(4-13)5-14/h2-3,16-17H,1H3. The minimum atomic E-state index is -0.692.